The number of nitrogens with zero attached hydrogens (tertiary/aromatic N) is 1. The van der Waals surface area contributed by atoms with Gasteiger partial charge in [-0.3, -0.25) is 0 Å². The third kappa shape index (κ3) is 2.77. The number of hydrogen-bond acceptors (Lipinski definition) is 2. The second kappa shape index (κ2) is 5.87. The van der Waals surface area contributed by atoms with E-state index in [4.69, 9.17) is 0 Å². The summed E-state index contributed by atoms with van der Waals surface area (Å²) in [6, 6.07) is 9.07. The van der Waals surface area contributed by atoms with Crippen molar-refractivity contribution in [3.8, 4) is 0 Å². The number of hydrogen-bond donors (Lipinski definition) is 1. The molecule has 20 heavy (non-hydrogen) atoms. The van der Waals surface area contributed by atoms with Crippen LogP contribution in [0.5, 0.6) is 0 Å². The van der Waals surface area contributed by atoms with Crippen LogP contribution >= 0.6 is 0 Å². The maximum absolute atomic E-state index is 3.85. The van der Waals surface area contributed by atoms with Crippen molar-refractivity contribution in [2.45, 2.75) is 45.1 Å². The quantitative estimate of drug-likeness (QED) is 0.909. The van der Waals surface area contributed by atoms with Gasteiger partial charge in [-0.05, 0) is 49.3 Å². The summed E-state index contributed by atoms with van der Waals surface area (Å²) in [4.78, 5) is 2.66. The highest BCUT2D eigenvalue weighted by Crippen LogP contribution is 2.37. The minimum absolute atomic E-state index is 0.267. The minimum atomic E-state index is 0.267. The zero-order valence-electron chi connectivity index (χ0n) is 13.0. The Balaban J connectivity index is 1.68. The van der Waals surface area contributed by atoms with Crippen LogP contribution in [0.2, 0.25) is 0 Å². The van der Waals surface area contributed by atoms with Crippen LogP contribution in [0.25, 0.3) is 0 Å². The summed E-state index contributed by atoms with van der Waals surface area (Å²) < 4.78 is 0. The molecule has 110 valence electrons. The van der Waals surface area contributed by atoms with Crippen LogP contribution in [-0.4, -0.2) is 31.1 Å². The number of fused-ring (bicyclic) bond motifs is 2. The maximum Gasteiger partial charge on any atom is 0.0461 e. The van der Waals surface area contributed by atoms with Gasteiger partial charge in [0.25, 0.3) is 0 Å². The van der Waals surface area contributed by atoms with E-state index in [1.807, 2.05) is 0 Å². The van der Waals surface area contributed by atoms with E-state index in [1.165, 1.54) is 45.3 Å². The molecule has 0 bridgehead atoms. The van der Waals surface area contributed by atoms with Gasteiger partial charge >= 0.3 is 0 Å². The predicted octanol–water partition coefficient (Wildman–Crippen LogP) is 3.17. The molecule has 0 radical (unpaired) electrons. The third-order valence-electron chi connectivity index (χ3n) is 5.12. The lowest BCUT2D eigenvalue weighted by Crippen LogP contribution is -2.54. The molecule has 0 saturated carbocycles. The molecule has 1 aromatic carbocycles. The first-order chi connectivity index (χ1) is 9.70. The summed E-state index contributed by atoms with van der Waals surface area (Å²) in [5, 5.41) is 3.85. The van der Waals surface area contributed by atoms with Gasteiger partial charge in [0.15, 0.2) is 0 Å². The van der Waals surface area contributed by atoms with Gasteiger partial charge in [-0.2, -0.15) is 0 Å². The second-order valence-corrected chi connectivity index (χ2v) is 6.94. The van der Waals surface area contributed by atoms with Gasteiger partial charge in [0.1, 0.15) is 0 Å². The molecule has 1 N–H and O–H groups in total. The van der Waals surface area contributed by atoms with Gasteiger partial charge in [0, 0.05) is 25.2 Å². The van der Waals surface area contributed by atoms with Crippen molar-refractivity contribution < 1.29 is 0 Å². The van der Waals surface area contributed by atoms with Crippen molar-refractivity contribution in [3.63, 3.8) is 0 Å². The fourth-order valence-corrected chi connectivity index (χ4v) is 3.78. The Kier molecular flexibility index (Phi) is 4.13. The Morgan fingerprint density at radius 2 is 1.95 bits per heavy atom. The molecule has 2 aliphatic rings. The van der Waals surface area contributed by atoms with E-state index in [0.29, 0.717) is 0 Å². The summed E-state index contributed by atoms with van der Waals surface area (Å²) in [5.41, 5.74) is 3.42. The molecule has 1 saturated heterocycles. The van der Waals surface area contributed by atoms with Crippen LogP contribution in [0.1, 0.15) is 44.2 Å². The molecule has 1 fully saturated rings. The SMILES string of the molecule is CC(C)CCN1CCC2(CC1)NCCc1ccccc12. The summed E-state index contributed by atoms with van der Waals surface area (Å²) >= 11 is 0. The molecular formula is C18H28N2. The van der Waals surface area contributed by atoms with Gasteiger partial charge in [-0.15, -0.1) is 0 Å². The summed E-state index contributed by atoms with van der Waals surface area (Å²) in [6.07, 6.45) is 5.05. The lowest BCUT2D eigenvalue weighted by Gasteiger charge is -2.46. The normalized spacial score (nSPS) is 22.1. The average Bonchev–Trinajstić information content (AvgIpc) is 2.47. The van der Waals surface area contributed by atoms with E-state index in [0.717, 1.165) is 12.5 Å². The standard InChI is InChI=1S/C18H28N2/c1-15(2)8-12-20-13-9-18(10-14-20)17-6-4-3-5-16(17)7-11-19-18/h3-6,15,19H,7-14H2,1-2H3. The highest BCUT2D eigenvalue weighted by atomic mass is 15.2. The van der Waals surface area contributed by atoms with Crippen molar-refractivity contribution in [2.24, 2.45) is 5.92 Å². The van der Waals surface area contributed by atoms with E-state index in [-0.39, 0.29) is 5.54 Å². The Labute approximate surface area is 123 Å². The molecule has 2 heterocycles. The van der Waals surface area contributed by atoms with E-state index in [2.05, 4.69) is 48.3 Å². The summed E-state index contributed by atoms with van der Waals surface area (Å²) in [5.74, 6) is 0.819. The number of nitrogens with one attached hydrogen (secondary N) is 1. The van der Waals surface area contributed by atoms with Gasteiger partial charge in [-0.25, -0.2) is 0 Å². The molecule has 3 rings (SSSR count). The molecule has 1 aromatic rings. The molecule has 1 spiro atoms. The van der Waals surface area contributed by atoms with Crippen LogP contribution in [0.4, 0.5) is 0 Å². The van der Waals surface area contributed by atoms with E-state index in [9.17, 15) is 0 Å². The van der Waals surface area contributed by atoms with Crippen LogP contribution in [-0.2, 0) is 12.0 Å². The minimum Gasteiger partial charge on any atom is -0.307 e. The third-order valence-corrected chi connectivity index (χ3v) is 5.12. The van der Waals surface area contributed by atoms with Gasteiger partial charge in [0.05, 0.1) is 0 Å². The number of likely N-dealkylation sites (tertiary alicyclic amines) is 1. The Bertz CT molecular complexity index is 444. The zero-order chi connectivity index (χ0) is 14.0. The van der Waals surface area contributed by atoms with E-state index in [1.54, 1.807) is 11.1 Å². The number of piperidine rings is 1. The first-order valence-corrected chi connectivity index (χ1v) is 8.25. The van der Waals surface area contributed by atoms with Crippen molar-refractivity contribution in [2.75, 3.05) is 26.2 Å². The molecule has 0 unspecified atom stereocenters. The van der Waals surface area contributed by atoms with Crippen molar-refractivity contribution in [3.05, 3.63) is 35.4 Å². The Hall–Kier alpha value is -0.860. The maximum atomic E-state index is 3.85. The molecule has 2 heteroatoms. The monoisotopic (exact) mass is 272 g/mol. The largest absolute Gasteiger partial charge is 0.307 e. The molecular weight excluding hydrogens is 244 g/mol. The molecule has 2 nitrogen and oxygen atoms in total. The van der Waals surface area contributed by atoms with Gasteiger partial charge in [0.2, 0.25) is 0 Å². The van der Waals surface area contributed by atoms with E-state index < -0.39 is 0 Å². The smallest absolute Gasteiger partial charge is 0.0461 e. The lowest BCUT2D eigenvalue weighted by atomic mass is 9.76. The average molecular weight is 272 g/mol. The van der Waals surface area contributed by atoms with Crippen molar-refractivity contribution in [1.29, 1.82) is 0 Å². The fourth-order valence-electron chi connectivity index (χ4n) is 3.78. The molecule has 2 aliphatic heterocycles. The highest BCUT2D eigenvalue weighted by molar-refractivity contribution is 5.36. The first-order valence-electron chi connectivity index (χ1n) is 8.25. The van der Waals surface area contributed by atoms with Crippen LogP contribution in [0.15, 0.2) is 24.3 Å². The van der Waals surface area contributed by atoms with Crippen molar-refractivity contribution >= 4 is 0 Å². The van der Waals surface area contributed by atoms with E-state index >= 15 is 0 Å². The van der Waals surface area contributed by atoms with Crippen LogP contribution in [0.3, 0.4) is 0 Å². The Morgan fingerprint density at radius 3 is 2.70 bits per heavy atom. The molecule has 0 amide bonds. The lowest BCUT2D eigenvalue weighted by molar-refractivity contribution is 0.125. The zero-order valence-corrected chi connectivity index (χ0v) is 13.0. The predicted molar refractivity (Wildman–Crippen MR) is 85.0 cm³/mol. The van der Waals surface area contributed by atoms with Gasteiger partial charge < -0.3 is 10.2 Å². The molecule has 0 aliphatic carbocycles. The fraction of sp³-hybridized carbons (Fsp3) is 0.667. The Morgan fingerprint density at radius 1 is 1.20 bits per heavy atom. The number of rotatable bonds is 3. The van der Waals surface area contributed by atoms with Crippen LogP contribution in [0, 0.1) is 5.92 Å². The molecule has 0 aromatic heterocycles. The second-order valence-electron chi connectivity index (χ2n) is 6.94. The topological polar surface area (TPSA) is 15.3 Å². The summed E-state index contributed by atoms with van der Waals surface area (Å²) in [6.45, 7) is 9.55. The van der Waals surface area contributed by atoms with Crippen LogP contribution < -0.4 is 5.32 Å². The van der Waals surface area contributed by atoms with Gasteiger partial charge in [-0.1, -0.05) is 38.1 Å². The highest BCUT2D eigenvalue weighted by Gasteiger charge is 2.38. The number of benzene rings is 1. The summed E-state index contributed by atoms with van der Waals surface area (Å²) in [7, 11) is 0. The first kappa shape index (κ1) is 14.1. The molecule has 0 atom stereocenters. The van der Waals surface area contributed by atoms with Crippen molar-refractivity contribution in [1.82, 2.24) is 10.2 Å².